The molecule has 4 heteroatoms. The SMILES string of the molecule is C=C(/C=C(\C)[C@@H](C)CCO[Si](CC)(CC)CC)C[C@@H](C)C/C=C/CO[Si](c1ccccc1)(c1ccccc1)C(C)(C)C. The average Bonchev–Trinajstić information content (AvgIpc) is 2.97. The van der Waals surface area contributed by atoms with E-state index < -0.39 is 16.6 Å². The van der Waals surface area contributed by atoms with Crippen LogP contribution in [0.4, 0.5) is 0 Å². The predicted molar refractivity (Wildman–Crippen MR) is 191 cm³/mol. The minimum Gasteiger partial charge on any atom is -0.417 e. The summed E-state index contributed by atoms with van der Waals surface area (Å²) in [5, 5.41) is 2.65. The number of rotatable bonds is 18. The maximum Gasteiger partial charge on any atom is 0.261 e. The normalized spacial score (nSPS) is 14.7. The molecule has 42 heavy (non-hydrogen) atoms. The molecule has 0 bridgehead atoms. The highest BCUT2D eigenvalue weighted by molar-refractivity contribution is 6.99. The molecule has 0 saturated carbocycles. The van der Waals surface area contributed by atoms with Crippen LogP contribution in [0.1, 0.15) is 81.6 Å². The minimum atomic E-state index is -2.49. The van der Waals surface area contributed by atoms with E-state index in [9.17, 15) is 0 Å². The van der Waals surface area contributed by atoms with Crippen molar-refractivity contribution in [2.24, 2.45) is 11.8 Å². The summed E-state index contributed by atoms with van der Waals surface area (Å²) in [5.41, 5.74) is 2.64. The number of hydrogen-bond donors (Lipinski definition) is 0. The number of benzene rings is 2. The van der Waals surface area contributed by atoms with Crippen molar-refractivity contribution in [3.05, 3.63) is 96.6 Å². The second kappa shape index (κ2) is 17.3. The van der Waals surface area contributed by atoms with E-state index in [2.05, 4.69) is 148 Å². The zero-order valence-corrected chi connectivity index (χ0v) is 30.3. The van der Waals surface area contributed by atoms with Crippen molar-refractivity contribution in [1.29, 1.82) is 0 Å². The van der Waals surface area contributed by atoms with E-state index in [1.807, 2.05) is 0 Å². The molecule has 2 aromatic rings. The summed E-state index contributed by atoms with van der Waals surface area (Å²) in [6, 6.07) is 25.4. The lowest BCUT2D eigenvalue weighted by Crippen LogP contribution is -2.66. The molecule has 2 nitrogen and oxygen atoms in total. The van der Waals surface area contributed by atoms with Crippen LogP contribution in [0.15, 0.2) is 96.6 Å². The van der Waals surface area contributed by atoms with E-state index in [0.29, 0.717) is 18.4 Å². The van der Waals surface area contributed by atoms with Gasteiger partial charge in [-0.2, -0.15) is 0 Å². The van der Waals surface area contributed by atoms with Crippen molar-refractivity contribution in [1.82, 2.24) is 0 Å². The van der Waals surface area contributed by atoms with Crippen molar-refractivity contribution in [2.45, 2.75) is 105 Å². The molecule has 0 heterocycles. The fourth-order valence-corrected chi connectivity index (χ4v) is 13.3. The van der Waals surface area contributed by atoms with Gasteiger partial charge in [-0.05, 0) is 71.6 Å². The third-order valence-corrected chi connectivity index (χ3v) is 18.9. The summed E-state index contributed by atoms with van der Waals surface area (Å²) in [5.74, 6) is 1.06. The van der Waals surface area contributed by atoms with Gasteiger partial charge in [-0.3, -0.25) is 0 Å². The molecule has 0 radical (unpaired) electrons. The van der Waals surface area contributed by atoms with Crippen LogP contribution < -0.4 is 10.4 Å². The van der Waals surface area contributed by atoms with Crippen molar-refractivity contribution < 1.29 is 8.85 Å². The molecule has 0 saturated heterocycles. The molecule has 0 fully saturated rings. The van der Waals surface area contributed by atoms with E-state index >= 15 is 0 Å². The molecule has 0 aliphatic heterocycles. The van der Waals surface area contributed by atoms with Crippen LogP contribution in [-0.2, 0) is 8.85 Å². The summed E-state index contributed by atoms with van der Waals surface area (Å²) in [6.07, 6.45) is 9.98. The molecule has 0 aliphatic rings. The Morgan fingerprint density at radius 2 is 1.36 bits per heavy atom. The van der Waals surface area contributed by atoms with Gasteiger partial charge in [0.2, 0.25) is 0 Å². The minimum absolute atomic E-state index is 0.00486. The maximum absolute atomic E-state index is 7.00. The number of allylic oxidation sites excluding steroid dienone is 4. The Labute approximate surface area is 261 Å². The first-order valence-electron chi connectivity index (χ1n) is 16.3. The molecule has 2 rings (SSSR count). The summed E-state index contributed by atoms with van der Waals surface area (Å²) < 4.78 is 13.5. The van der Waals surface area contributed by atoms with Gasteiger partial charge in [0, 0.05) is 6.61 Å². The average molecular weight is 605 g/mol. The summed E-state index contributed by atoms with van der Waals surface area (Å²) in [6.45, 7) is 26.7. The van der Waals surface area contributed by atoms with E-state index in [1.165, 1.54) is 39.7 Å². The van der Waals surface area contributed by atoms with Gasteiger partial charge >= 0.3 is 0 Å². The maximum atomic E-state index is 7.00. The van der Waals surface area contributed by atoms with Crippen LogP contribution >= 0.6 is 0 Å². The van der Waals surface area contributed by atoms with Crippen LogP contribution in [0, 0.1) is 11.8 Å². The largest absolute Gasteiger partial charge is 0.417 e. The summed E-state index contributed by atoms with van der Waals surface area (Å²) >= 11 is 0. The predicted octanol–water partition coefficient (Wildman–Crippen LogP) is 10.1. The Balaban J connectivity index is 1.95. The van der Waals surface area contributed by atoms with Crippen LogP contribution in [0.5, 0.6) is 0 Å². The molecule has 2 aromatic carbocycles. The van der Waals surface area contributed by atoms with Crippen LogP contribution in [-0.4, -0.2) is 29.8 Å². The first kappa shape index (κ1) is 36.2. The molecule has 0 N–H and O–H groups in total. The van der Waals surface area contributed by atoms with Crippen molar-refractivity contribution in [3.63, 3.8) is 0 Å². The molecule has 2 atom stereocenters. The molecule has 0 aliphatic carbocycles. The Bertz CT molecular complexity index is 1060. The molecule has 0 aromatic heterocycles. The van der Waals surface area contributed by atoms with Gasteiger partial charge in [-0.15, -0.1) is 0 Å². The Kier molecular flexibility index (Phi) is 15.0. The van der Waals surface area contributed by atoms with Crippen molar-refractivity contribution >= 4 is 27.0 Å². The third kappa shape index (κ3) is 10.0. The Hall–Kier alpha value is -1.99. The van der Waals surface area contributed by atoms with E-state index in [4.69, 9.17) is 8.85 Å². The molecule has 232 valence electrons. The van der Waals surface area contributed by atoms with Gasteiger partial charge < -0.3 is 8.85 Å². The van der Waals surface area contributed by atoms with E-state index in [0.717, 1.165) is 25.9 Å². The second-order valence-electron chi connectivity index (χ2n) is 13.3. The van der Waals surface area contributed by atoms with Crippen LogP contribution in [0.25, 0.3) is 0 Å². The molecule has 0 unspecified atom stereocenters. The van der Waals surface area contributed by atoms with Gasteiger partial charge in [0.25, 0.3) is 8.32 Å². The lowest BCUT2D eigenvalue weighted by molar-refractivity contribution is 0.277. The molecular weight excluding hydrogens is 545 g/mol. The van der Waals surface area contributed by atoms with Gasteiger partial charge in [-0.25, -0.2) is 0 Å². The highest BCUT2D eigenvalue weighted by Crippen LogP contribution is 2.36. The highest BCUT2D eigenvalue weighted by Gasteiger charge is 2.49. The van der Waals surface area contributed by atoms with Gasteiger partial charge in [0.1, 0.15) is 0 Å². The quantitative estimate of drug-likeness (QED) is 0.0957. The van der Waals surface area contributed by atoms with Crippen molar-refractivity contribution in [3.8, 4) is 0 Å². The van der Waals surface area contributed by atoms with Gasteiger partial charge in [0.15, 0.2) is 8.32 Å². The van der Waals surface area contributed by atoms with E-state index in [-0.39, 0.29) is 5.04 Å². The highest BCUT2D eigenvalue weighted by atomic mass is 28.4. The van der Waals surface area contributed by atoms with Gasteiger partial charge in [-0.1, -0.05) is 152 Å². The standard InChI is InChI=1S/C38H60O2Si2/c1-11-41(12-2,13-3)39-29-27-34(6)35(7)31-33(5)30-32(4)22-20-21-28-40-42(38(8,9)10,36-23-16-14-17-24-36)37-25-18-15-19-26-37/h14-21,23-26,31-32,34H,5,11-13,22,27-30H2,1-4,6-10H3/b21-20+,35-31+/t32-,34-/m0/s1. The molecule has 0 amide bonds. The van der Waals surface area contributed by atoms with Gasteiger partial charge in [0.05, 0.1) is 6.61 Å². The second-order valence-corrected chi connectivity index (χ2v) is 22.4. The monoisotopic (exact) mass is 604 g/mol. The molecular formula is C38H60O2Si2. The van der Waals surface area contributed by atoms with Crippen LogP contribution in [0.2, 0.25) is 23.2 Å². The number of hydrogen-bond acceptors (Lipinski definition) is 2. The summed E-state index contributed by atoms with van der Waals surface area (Å²) in [4.78, 5) is 0. The fourth-order valence-electron chi connectivity index (χ4n) is 6.12. The topological polar surface area (TPSA) is 18.5 Å². The Morgan fingerprint density at radius 3 is 1.83 bits per heavy atom. The lowest BCUT2D eigenvalue weighted by Gasteiger charge is -2.42. The lowest BCUT2D eigenvalue weighted by atomic mass is 9.93. The third-order valence-electron chi connectivity index (χ3n) is 9.23. The zero-order chi connectivity index (χ0) is 31.2. The Morgan fingerprint density at radius 1 is 0.833 bits per heavy atom. The first-order chi connectivity index (χ1) is 19.9. The van der Waals surface area contributed by atoms with Crippen molar-refractivity contribution in [2.75, 3.05) is 13.2 Å². The van der Waals surface area contributed by atoms with E-state index in [1.54, 1.807) is 0 Å². The summed E-state index contributed by atoms with van der Waals surface area (Å²) in [7, 11) is -3.99. The molecule has 0 spiro atoms. The zero-order valence-electron chi connectivity index (χ0n) is 28.3. The fraction of sp³-hybridized carbons (Fsp3) is 0.526. The smallest absolute Gasteiger partial charge is 0.261 e. The first-order valence-corrected chi connectivity index (χ1v) is 20.8. The van der Waals surface area contributed by atoms with Crippen LogP contribution in [0.3, 0.4) is 0 Å².